The van der Waals surface area contributed by atoms with Crippen LogP contribution >= 0.6 is 0 Å². The molecule has 10 heteroatoms. The number of hydrogen-bond donors (Lipinski definition) is 3. The lowest BCUT2D eigenvalue weighted by Crippen LogP contribution is -2.41. The Labute approximate surface area is 226 Å². The van der Waals surface area contributed by atoms with Gasteiger partial charge in [0.2, 0.25) is 0 Å². The molecule has 2 aromatic carbocycles. The number of rotatable bonds is 6. The molecule has 1 atom stereocenters. The molecule has 202 valence electrons. The average molecular weight is 528 g/mol. The second-order valence-electron chi connectivity index (χ2n) is 10.5. The molecule has 0 spiro atoms. The van der Waals surface area contributed by atoms with Gasteiger partial charge in [-0.15, -0.1) is 0 Å². The molecule has 2 aromatic heterocycles. The lowest BCUT2D eigenvalue weighted by Gasteiger charge is -2.27. The maximum absolute atomic E-state index is 13.1. The van der Waals surface area contributed by atoms with E-state index >= 15 is 0 Å². The van der Waals surface area contributed by atoms with Gasteiger partial charge < -0.3 is 16.4 Å². The van der Waals surface area contributed by atoms with Gasteiger partial charge in [-0.1, -0.05) is 51.1 Å². The molecule has 0 aliphatic rings. The Morgan fingerprint density at radius 2 is 1.64 bits per heavy atom. The van der Waals surface area contributed by atoms with Crippen molar-refractivity contribution in [3.63, 3.8) is 0 Å². The van der Waals surface area contributed by atoms with Crippen LogP contribution in [-0.4, -0.2) is 37.2 Å². The van der Waals surface area contributed by atoms with E-state index in [1.54, 1.807) is 55.1 Å². The number of amides is 2. The highest BCUT2D eigenvalue weighted by atomic mass is 16.2. The Balaban J connectivity index is 1.55. The van der Waals surface area contributed by atoms with Gasteiger partial charge >= 0.3 is 0 Å². The van der Waals surface area contributed by atoms with Crippen LogP contribution in [-0.2, 0) is 7.05 Å². The molecular weight excluding hydrogens is 494 g/mol. The van der Waals surface area contributed by atoms with Crippen LogP contribution in [0, 0.1) is 12.3 Å². The summed E-state index contributed by atoms with van der Waals surface area (Å²) in [4.78, 5) is 47.6. The highest BCUT2D eigenvalue weighted by Crippen LogP contribution is 2.25. The molecule has 2 heterocycles. The van der Waals surface area contributed by atoms with Crippen LogP contribution in [0.5, 0.6) is 0 Å². The second-order valence-corrected chi connectivity index (χ2v) is 10.5. The molecule has 39 heavy (non-hydrogen) atoms. The smallest absolute Gasteiger partial charge is 0.284 e. The first-order valence-corrected chi connectivity index (χ1v) is 12.6. The number of para-hydroxylation sites is 1. The van der Waals surface area contributed by atoms with Crippen molar-refractivity contribution in [1.82, 2.24) is 24.6 Å². The van der Waals surface area contributed by atoms with Gasteiger partial charge in [-0.2, -0.15) is 0 Å². The van der Waals surface area contributed by atoms with Crippen molar-refractivity contribution in [2.75, 3.05) is 11.1 Å². The third kappa shape index (κ3) is 5.59. The van der Waals surface area contributed by atoms with Crippen molar-refractivity contribution >= 4 is 23.3 Å². The van der Waals surface area contributed by atoms with Crippen molar-refractivity contribution in [2.45, 2.75) is 40.7 Å². The Morgan fingerprint density at radius 3 is 2.26 bits per heavy atom. The predicted molar refractivity (Wildman–Crippen MR) is 152 cm³/mol. The second kappa shape index (κ2) is 10.6. The fourth-order valence-electron chi connectivity index (χ4n) is 3.94. The van der Waals surface area contributed by atoms with Crippen LogP contribution in [0.2, 0.25) is 0 Å². The number of nitrogens with one attached hydrogen (secondary N) is 2. The first-order chi connectivity index (χ1) is 18.4. The molecule has 0 saturated heterocycles. The molecule has 0 aliphatic carbocycles. The van der Waals surface area contributed by atoms with Crippen LogP contribution in [0.25, 0.3) is 16.9 Å². The van der Waals surface area contributed by atoms with Crippen molar-refractivity contribution in [2.24, 2.45) is 12.5 Å². The molecule has 0 fully saturated rings. The van der Waals surface area contributed by atoms with E-state index in [1.165, 1.54) is 10.9 Å². The van der Waals surface area contributed by atoms with E-state index < -0.39 is 11.5 Å². The molecular formula is C29H33N7O3. The third-order valence-electron chi connectivity index (χ3n) is 6.88. The minimum Gasteiger partial charge on any atom is -0.382 e. The number of nitrogens with two attached hydrogens (primary N) is 1. The van der Waals surface area contributed by atoms with E-state index in [0.29, 0.717) is 28.3 Å². The maximum atomic E-state index is 13.1. The van der Waals surface area contributed by atoms with Gasteiger partial charge in [-0.25, -0.2) is 14.6 Å². The molecule has 0 saturated carbocycles. The first kappa shape index (κ1) is 27.3. The topological polar surface area (TPSA) is 137 Å². The van der Waals surface area contributed by atoms with Gasteiger partial charge in [-0.3, -0.25) is 19.1 Å². The number of nitrogen functional groups attached to an aromatic ring is 1. The summed E-state index contributed by atoms with van der Waals surface area (Å²) in [5.74, 6) is -0.676. The highest BCUT2D eigenvalue weighted by Gasteiger charge is 2.24. The summed E-state index contributed by atoms with van der Waals surface area (Å²) in [6.07, 6.45) is 1.35. The summed E-state index contributed by atoms with van der Waals surface area (Å²) in [5, 5.41) is 5.74. The average Bonchev–Trinajstić information content (AvgIpc) is 3.12. The molecule has 0 radical (unpaired) electrons. The summed E-state index contributed by atoms with van der Waals surface area (Å²) in [5.41, 5.74) is 8.42. The number of benzene rings is 2. The third-order valence-corrected chi connectivity index (χ3v) is 6.88. The van der Waals surface area contributed by atoms with E-state index in [-0.39, 0.29) is 34.4 Å². The lowest BCUT2D eigenvalue weighted by atomic mass is 9.88. The van der Waals surface area contributed by atoms with Gasteiger partial charge in [0.1, 0.15) is 22.8 Å². The zero-order chi connectivity index (χ0) is 28.5. The normalized spacial score (nSPS) is 12.2. The van der Waals surface area contributed by atoms with Crippen molar-refractivity contribution in [3.05, 3.63) is 88.1 Å². The minimum atomic E-state index is -0.513. The van der Waals surface area contributed by atoms with E-state index in [4.69, 9.17) is 5.73 Å². The van der Waals surface area contributed by atoms with E-state index in [2.05, 4.69) is 20.6 Å². The largest absolute Gasteiger partial charge is 0.382 e. The quantitative estimate of drug-likeness (QED) is 0.347. The van der Waals surface area contributed by atoms with Crippen LogP contribution in [0.3, 0.4) is 0 Å². The molecule has 4 rings (SSSR count). The van der Waals surface area contributed by atoms with Gasteiger partial charge in [0.25, 0.3) is 17.4 Å². The van der Waals surface area contributed by atoms with E-state index in [9.17, 15) is 14.4 Å². The number of aromatic nitrogens is 4. The zero-order valence-corrected chi connectivity index (χ0v) is 22.9. The Kier molecular flexibility index (Phi) is 7.40. The van der Waals surface area contributed by atoms with E-state index in [1.807, 2.05) is 45.9 Å². The molecule has 4 aromatic rings. The fourth-order valence-corrected chi connectivity index (χ4v) is 3.94. The molecule has 4 N–H and O–H groups in total. The number of nitrogens with zero attached hydrogens (tertiary/aromatic N) is 4. The highest BCUT2D eigenvalue weighted by molar-refractivity contribution is 6.05. The Bertz CT molecular complexity index is 1580. The summed E-state index contributed by atoms with van der Waals surface area (Å²) < 4.78 is 3.11. The number of anilines is 2. The van der Waals surface area contributed by atoms with Crippen LogP contribution in [0.15, 0.2) is 65.6 Å². The van der Waals surface area contributed by atoms with Crippen molar-refractivity contribution in [1.29, 1.82) is 0 Å². The van der Waals surface area contributed by atoms with Gasteiger partial charge in [0, 0.05) is 24.3 Å². The summed E-state index contributed by atoms with van der Waals surface area (Å²) >= 11 is 0. The Morgan fingerprint density at radius 1 is 1.00 bits per heavy atom. The van der Waals surface area contributed by atoms with Crippen molar-refractivity contribution in [3.8, 4) is 16.9 Å². The van der Waals surface area contributed by atoms with Gasteiger partial charge in [-0.05, 0) is 43.5 Å². The zero-order valence-electron chi connectivity index (χ0n) is 22.9. The lowest BCUT2D eigenvalue weighted by molar-refractivity contribution is 0.0904. The number of carbonyl (C=O) groups is 2. The minimum absolute atomic E-state index is 0.0590. The predicted octanol–water partition coefficient (Wildman–Crippen LogP) is 3.94. The summed E-state index contributed by atoms with van der Waals surface area (Å²) in [7, 11) is 1.74. The molecule has 0 bridgehead atoms. The standard InChI is InChI=1S/C29H33N7O3/c1-17-23(28(39)36(35(17)6)21-10-8-7-9-11-21)27(38)33-20-14-12-19(13-15-20)24-25(30)31-16-22(34-24)26(37)32-18(2)29(3,4)5/h7-16,18H,1-6H3,(H2,30,31)(H,32,37)(H,33,38). The van der Waals surface area contributed by atoms with Crippen LogP contribution in [0.4, 0.5) is 11.5 Å². The van der Waals surface area contributed by atoms with Crippen LogP contribution in [0.1, 0.15) is 54.2 Å². The number of carbonyl (C=O) groups excluding carboxylic acids is 2. The monoisotopic (exact) mass is 527 g/mol. The Hall–Kier alpha value is -4.73. The van der Waals surface area contributed by atoms with Crippen LogP contribution < -0.4 is 21.9 Å². The fraction of sp³-hybridized carbons (Fsp3) is 0.276. The number of hydrogen-bond acceptors (Lipinski definition) is 6. The molecule has 2 amide bonds. The van der Waals surface area contributed by atoms with Crippen molar-refractivity contribution < 1.29 is 9.59 Å². The van der Waals surface area contributed by atoms with Gasteiger partial charge in [0.05, 0.1) is 17.6 Å². The maximum Gasteiger partial charge on any atom is 0.284 e. The molecule has 1 unspecified atom stereocenters. The first-order valence-electron chi connectivity index (χ1n) is 12.6. The van der Waals surface area contributed by atoms with Gasteiger partial charge in [0.15, 0.2) is 0 Å². The molecule has 0 aliphatic heterocycles. The molecule has 10 nitrogen and oxygen atoms in total. The SMILES string of the molecule is Cc1c(C(=O)Nc2ccc(-c3nc(C(=O)NC(C)C(C)(C)C)cnc3N)cc2)c(=O)n(-c2ccccc2)n1C. The summed E-state index contributed by atoms with van der Waals surface area (Å²) in [6, 6.07) is 15.8. The summed E-state index contributed by atoms with van der Waals surface area (Å²) in [6.45, 7) is 9.78. The van der Waals surface area contributed by atoms with E-state index in [0.717, 1.165) is 0 Å².